The van der Waals surface area contributed by atoms with E-state index in [1.165, 1.54) is 0 Å². The number of carbonyl (C=O) groups is 2. The Bertz CT molecular complexity index is 484. The van der Waals surface area contributed by atoms with E-state index in [-0.39, 0.29) is 12.5 Å². The first-order valence-corrected chi connectivity index (χ1v) is 5.80. The number of nitrogens with one attached hydrogen (secondary N) is 1. The lowest BCUT2D eigenvalue weighted by Gasteiger charge is -2.23. The highest BCUT2D eigenvalue weighted by molar-refractivity contribution is 6.07. The molecule has 5 heteroatoms. The molecule has 1 aliphatic heterocycles. The summed E-state index contributed by atoms with van der Waals surface area (Å²) in [7, 11) is 1.58. The molecule has 0 fully saturated rings. The average molecular weight is 249 g/mol. The molecule has 1 aromatic carbocycles. The van der Waals surface area contributed by atoms with Gasteiger partial charge in [0.1, 0.15) is 11.7 Å². The molecule has 5 nitrogen and oxygen atoms in total. The summed E-state index contributed by atoms with van der Waals surface area (Å²) in [4.78, 5) is 23.4. The molecule has 1 heterocycles. The molecule has 1 amide bonds. The maximum absolute atomic E-state index is 11.8. The van der Waals surface area contributed by atoms with E-state index in [9.17, 15) is 9.59 Å². The molecule has 0 aliphatic carbocycles. The fourth-order valence-corrected chi connectivity index (χ4v) is 1.95. The summed E-state index contributed by atoms with van der Waals surface area (Å²) in [6, 6.07) is 5.36. The third-order valence-corrected chi connectivity index (χ3v) is 2.88. The van der Waals surface area contributed by atoms with Gasteiger partial charge in [0.15, 0.2) is 0 Å². The van der Waals surface area contributed by atoms with Gasteiger partial charge in [-0.25, -0.2) is 0 Å². The number of hydrogen-bond donors (Lipinski definition) is 1. The second kappa shape index (κ2) is 5.08. The average Bonchev–Trinajstić information content (AvgIpc) is 2.37. The van der Waals surface area contributed by atoms with Gasteiger partial charge in [0, 0.05) is 5.69 Å². The van der Waals surface area contributed by atoms with Crippen molar-refractivity contribution in [1.29, 1.82) is 0 Å². The van der Waals surface area contributed by atoms with Crippen LogP contribution in [0.2, 0.25) is 0 Å². The molecule has 1 N–H and O–H groups in total. The quantitative estimate of drug-likeness (QED) is 0.649. The summed E-state index contributed by atoms with van der Waals surface area (Å²) in [5, 5.41) is 2.71. The summed E-state index contributed by atoms with van der Waals surface area (Å²) in [6.45, 7) is 1.99. The smallest absolute Gasteiger partial charge is 0.318 e. The van der Waals surface area contributed by atoms with Gasteiger partial charge in [-0.3, -0.25) is 9.59 Å². The SMILES string of the molecule is CCOC(=O)C1Cc2cc(OC)ccc2NC1=O. The Morgan fingerprint density at radius 3 is 2.94 bits per heavy atom. The number of esters is 1. The van der Waals surface area contributed by atoms with Crippen molar-refractivity contribution >= 4 is 17.6 Å². The van der Waals surface area contributed by atoms with Gasteiger partial charge in [-0.15, -0.1) is 0 Å². The number of amides is 1. The molecule has 1 atom stereocenters. The third-order valence-electron chi connectivity index (χ3n) is 2.88. The molecule has 0 aromatic heterocycles. The standard InChI is InChI=1S/C13H15NO4/c1-3-18-13(16)10-7-8-6-9(17-2)4-5-11(8)14-12(10)15/h4-6,10H,3,7H2,1-2H3,(H,14,15). The number of fused-ring (bicyclic) bond motifs is 1. The molecule has 0 radical (unpaired) electrons. The summed E-state index contributed by atoms with van der Waals surface area (Å²) < 4.78 is 10.0. The first kappa shape index (κ1) is 12.4. The van der Waals surface area contributed by atoms with Gasteiger partial charge in [0.05, 0.1) is 13.7 Å². The van der Waals surface area contributed by atoms with Crippen molar-refractivity contribution in [2.24, 2.45) is 5.92 Å². The Hall–Kier alpha value is -2.04. The molecule has 96 valence electrons. The Morgan fingerprint density at radius 2 is 2.28 bits per heavy atom. The van der Waals surface area contributed by atoms with Gasteiger partial charge >= 0.3 is 5.97 Å². The molecular weight excluding hydrogens is 234 g/mol. The molecule has 1 unspecified atom stereocenters. The molecule has 0 saturated heterocycles. The van der Waals surface area contributed by atoms with Crippen molar-refractivity contribution < 1.29 is 19.1 Å². The Balaban J connectivity index is 2.25. The zero-order valence-corrected chi connectivity index (χ0v) is 10.4. The highest BCUT2D eigenvalue weighted by Crippen LogP contribution is 2.29. The first-order chi connectivity index (χ1) is 8.65. The normalized spacial score (nSPS) is 17.7. The van der Waals surface area contributed by atoms with Gasteiger partial charge in [0.2, 0.25) is 5.91 Å². The molecule has 2 rings (SSSR count). The van der Waals surface area contributed by atoms with Gasteiger partial charge in [-0.05, 0) is 37.1 Å². The summed E-state index contributed by atoms with van der Waals surface area (Å²) >= 11 is 0. The van der Waals surface area contributed by atoms with Crippen LogP contribution in [0.25, 0.3) is 0 Å². The van der Waals surface area contributed by atoms with Gasteiger partial charge in [-0.2, -0.15) is 0 Å². The van der Waals surface area contributed by atoms with Crippen LogP contribution in [0.1, 0.15) is 12.5 Å². The fraction of sp³-hybridized carbons (Fsp3) is 0.385. The van der Waals surface area contributed by atoms with Crippen molar-refractivity contribution in [3.8, 4) is 5.75 Å². The molecular formula is C13H15NO4. The zero-order chi connectivity index (χ0) is 13.1. The van der Waals surface area contributed by atoms with Crippen LogP contribution in [0.5, 0.6) is 5.75 Å². The van der Waals surface area contributed by atoms with Gasteiger partial charge < -0.3 is 14.8 Å². The second-order valence-electron chi connectivity index (χ2n) is 4.02. The van der Waals surface area contributed by atoms with Gasteiger partial charge in [0.25, 0.3) is 0 Å². The van der Waals surface area contributed by atoms with Crippen LogP contribution in [0.3, 0.4) is 0 Å². The predicted octanol–water partition coefficient (Wildman–Crippen LogP) is 1.37. The minimum atomic E-state index is -0.774. The minimum absolute atomic E-state index is 0.271. The van der Waals surface area contributed by atoms with E-state index in [0.29, 0.717) is 12.2 Å². The van der Waals surface area contributed by atoms with E-state index in [1.54, 1.807) is 26.2 Å². The maximum atomic E-state index is 11.8. The molecule has 1 aliphatic rings. The van der Waals surface area contributed by atoms with E-state index in [4.69, 9.17) is 9.47 Å². The van der Waals surface area contributed by atoms with E-state index < -0.39 is 11.9 Å². The van der Waals surface area contributed by atoms with Crippen LogP contribution in [-0.2, 0) is 20.7 Å². The van der Waals surface area contributed by atoms with Crippen LogP contribution < -0.4 is 10.1 Å². The largest absolute Gasteiger partial charge is 0.497 e. The lowest BCUT2D eigenvalue weighted by molar-refractivity contribution is -0.151. The van der Waals surface area contributed by atoms with Crippen LogP contribution in [0.15, 0.2) is 18.2 Å². The van der Waals surface area contributed by atoms with Crippen LogP contribution >= 0.6 is 0 Å². The number of carbonyl (C=O) groups excluding carboxylic acids is 2. The summed E-state index contributed by atoms with van der Waals surface area (Å²) in [6.07, 6.45) is 0.344. The van der Waals surface area contributed by atoms with Crippen molar-refractivity contribution in [2.45, 2.75) is 13.3 Å². The molecule has 1 aromatic rings. The summed E-state index contributed by atoms with van der Waals surface area (Å²) in [5.74, 6) is -0.869. The highest BCUT2D eigenvalue weighted by atomic mass is 16.5. The lowest BCUT2D eigenvalue weighted by Crippen LogP contribution is -2.36. The van der Waals surface area contributed by atoms with E-state index in [0.717, 1.165) is 11.3 Å². The third kappa shape index (κ3) is 2.30. The number of ether oxygens (including phenoxy) is 2. The van der Waals surface area contributed by atoms with Crippen LogP contribution in [0, 0.1) is 5.92 Å². The van der Waals surface area contributed by atoms with E-state index >= 15 is 0 Å². The number of anilines is 1. The Morgan fingerprint density at radius 1 is 1.50 bits per heavy atom. The zero-order valence-electron chi connectivity index (χ0n) is 10.4. The maximum Gasteiger partial charge on any atom is 0.318 e. The van der Waals surface area contributed by atoms with E-state index in [2.05, 4.69) is 5.32 Å². The monoisotopic (exact) mass is 249 g/mol. The lowest BCUT2D eigenvalue weighted by atomic mass is 9.93. The molecule has 0 bridgehead atoms. The van der Waals surface area contributed by atoms with Crippen molar-refractivity contribution in [1.82, 2.24) is 0 Å². The number of hydrogen-bond acceptors (Lipinski definition) is 4. The first-order valence-electron chi connectivity index (χ1n) is 5.80. The number of methoxy groups -OCH3 is 1. The Kier molecular flexibility index (Phi) is 3.50. The predicted molar refractivity (Wildman–Crippen MR) is 65.5 cm³/mol. The topological polar surface area (TPSA) is 64.6 Å². The van der Waals surface area contributed by atoms with Crippen LogP contribution in [-0.4, -0.2) is 25.6 Å². The fourth-order valence-electron chi connectivity index (χ4n) is 1.95. The van der Waals surface area contributed by atoms with Crippen molar-refractivity contribution in [2.75, 3.05) is 19.0 Å². The van der Waals surface area contributed by atoms with Crippen molar-refractivity contribution in [3.63, 3.8) is 0 Å². The van der Waals surface area contributed by atoms with Crippen molar-refractivity contribution in [3.05, 3.63) is 23.8 Å². The van der Waals surface area contributed by atoms with Gasteiger partial charge in [-0.1, -0.05) is 0 Å². The Labute approximate surface area is 105 Å². The number of rotatable bonds is 3. The minimum Gasteiger partial charge on any atom is -0.497 e. The molecule has 0 saturated carbocycles. The molecule has 0 spiro atoms. The number of benzene rings is 1. The second-order valence-corrected chi connectivity index (χ2v) is 4.02. The van der Waals surface area contributed by atoms with Crippen LogP contribution in [0.4, 0.5) is 5.69 Å². The highest BCUT2D eigenvalue weighted by Gasteiger charge is 2.33. The summed E-state index contributed by atoms with van der Waals surface area (Å²) in [5.41, 5.74) is 1.60. The van der Waals surface area contributed by atoms with E-state index in [1.807, 2.05) is 6.07 Å². The molecule has 18 heavy (non-hydrogen) atoms.